The van der Waals surface area contributed by atoms with Crippen molar-refractivity contribution in [2.45, 2.75) is 13.1 Å². The molecule has 0 unspecified atom stereocenters. The molecular formula is C19H16ClN5OS. The van der Waals surface area contributed by atoms with Crippen LogP contribution in [0.5, 0.6) is 0 Å². The van der Waals surface area contributed by atoms with E-state index in [4.69, 9.17) is 29.1 Å². The van der Waals surface area contributed by atoms with Crippen LogP contribution in [0.15, 0.2) is 48.5 Å². The zero-order valence-electron chi connectivity index (χ0n) is 14.5. The molecular weight excluding hydrogens is 382 g/mol. The zero-order valence-corrected chi connectivity index (χ0v) is 16.1. The first-order chi connectivity index (χ1) is 13.0. The van der Waals surface area contributed by atoms with Crippen molar-refractivity contribution in [2.75, 3.05) is 7.05 Å². The largest absolute Gasteiger partial charge is 0.340 e. The number of rotatable bonds is 5. The number of likely N-dealkylation sites (N-methyl/N-ethyl adjacent to an activating group) is 1. The van der Waals surface area contributed by atoms with Crippen molar-refractivity contribution in [1.82, 2.24) is 19.7 Å². The van der Waals surface area contributed by atoms with Crippen molar-refractivity contribution < 1.29 is 4.79 Å². The smallest absolute Gasteiger partial charge is 0.242 e. The third-order valence-corrected chi connectivity index (χ3v) is 4.65. The Hall–Kier alpha value is -2.95. The highest BCUT2D eigenvalue weighted by atomic mass is 35.5. The van der Waals surface area contributed by atoms with Crippen LogP contribution in [0, 0.1) is 16.1 Å². The number of nitrogens with one attached hydrogen (secondary N) is 1. The second-order valence-electron chi connectivity index (χ2n) is 6.00. The maximum atomic E-state index is 12.7. The van der Waals surface area contributed by atoms with Gasteiger partial charge in [0.15, 0.2) is 10.6 Å². The third kappa shape index (κ3) is 4.42. The molecule has 0 fully saturated rings. The van der Waals surface area contributed by atoms with Gasteiger partial charge >= 0.3 is 0 Å². The zero-order chi connectivity index (χ0) is 19.4. The van der Waals surface area contributed by atoms with Crippen LogP contribution in [0.1, 0.15) is 11.1 Å². The molecule has 1 amide bonds. The number of benzene rings is 2. The Balaban J connectivity index is 1.75. The molecule has 0 atom stereocenters. The molecule has 3 rings (SSSR count). The first-order valence-electron chi connectivity index (χ1n) is 8.12. The Kier molecular flexibility index (Phi) is 5.69. The van der Waals surface area contributed by atoms with Crippen LogP contribution in [0.4, 0.5) is 0 Å². The third-order valence-electron chi connectivity index (χ3n) is 4.08. The lowest BCUT2D eigenvalue weighted by atomic mass is 10.1. The lowest BCUT2D eigenvalue weighted by molar-refractivity contribution is -0.131. The van der Waals surface area contributed by atoms with Crippen LogP contribution in [0.25, 0.3) is 11.4 Å². The molecule has 1 heterocycles. The first-order valence-corrected chi connectivity index (χ1v) is 8.90. The average molecular weight is 398 g/mol. The summed E-state index contributed by atoms with van der Waals surface area (Å²) in [6.45, 7) is 0.506. The highest BCUT2D eigenvalue weighted by Crippen LogP contribution is 2.20. The Morgan fingerprint density at radius 1 is 1.26 bits per heavy atom. The highest BCUT2D eigenvalue weighted by Gasteiger charge is 2.15. The minimum absolute atomic E-state index is 0.0695. The van der Waals surface area contributed by atoms with Crippen molar-refractivity contribution in [2.24, 2.45) is 0 Å². The molecule has 0 saturated carbocycles. The number of hydrogen-bond donors (Lipinski definition) is 1. The van der Waals surface area contributed by atoms with Gasteiger partial charge in [-0.3, -0.25) is 14.5 Å². The van der Waals surface area contributed by atoms with Crippen LogP contribution in [-0.4, -0.2) is 32.6 Å². The van der Waals surface area contributed by atoms with Crippen LogP contribution in [0.3, 0.4) is 0 Å². The fourth-order valence-corrected chi connectivity index (χ4v) is 2.91. The quantitative estimate of drug-likeness (QED) is 0.664. The van der Waals surface area contributed by atoms with Crippen molar-refractivity contribution in [3.05, 3.63) is 69.5 Å². The van der Waals surface area contributed by atoms with Gasteiger partial charge in [-0.2, -0.15) is 10.4 Å². The van der Waals surface area contributed by atoms with Gasteiger partial charge in [-0.1, -0.05) is 23.7 Å². The van der Waals surface area contributed by atoms with Crippen LogP contribution < -0.4 is 0 Å². The van der Waals surface area contributed by atoms with E-state index >= 15 is 0 Å². The van der Waals surface area contributed by atoms with E-state index in [1.54, 1.807) is 40.8 Å². The minimum atomic E-state index is -0.105. The molecule has 0 aliphatic heterocycles. The standard InChI is InChI=1S/C19H16ClN5OS/c1-24(11-14-4-2-13(10-21)3-5-14)17(26)12-25-18(22-23-19(25)27)15-6-8-16(20)9-7-15/h2-9H,11-12H2,1H3,(H,23,27). The van der Waals surface area contributed by atoms with E-state index in [2.05, 4.69) is 16.3 Å². The van der Waals surface area contributed by atoms with Crippen molar-refractivity contribution in [1.29, 1.82) is 5.26 Å². The van der Waals surface area contributed by atoms with Crippen molar-refractivity contribution in [3.63, 3.8) is 0 Å². The fraction of sp³-hybridized carbons (Fsp3) is 0.158. The topological polar surface area (TPSA) is 77.7 Å². The van der Waals surface area contributed by atoms with Gasteiger partial charge in [0.1, 0.15) is 6.54 Å². The summed E-state index contributed by atoms with van der Waals surface area (Å²) in [6.07, 6.45) is 0. The molecule has 0 aliphatic carbocycles. The predicted molar refractivity (Wildman–Crippen MR) is 105 cm³/mol. The van der Waals surface area contributed by atoms with Crippen molar-refractivity contribution in [3.8, 4) is 17.5 Å². The molecule has 0 spiro atoms. The second kappa shape index (κ2) is 8.16. The maximum Gasteiger partial charge on any atom is 0.242 e. The molecule has 0 bridgehead atoms. The Morgan fingerprint density at radius 2 is 1.93 bits per heavy atom. The number of hydrogen-bond acceptors (Lipinski definition) is 4. The van der Waals surface area contributed by atoms with Crippen LogP contribution in [0.2, 0.25) is 5.02 Å². The lowest BCUT2D eigenvalue weighted by Crippen LogP contribution is -2.30. The Labute approximate surface area is 166 Å². The first kappa shape index (κ1) is 18.8. The highest BCUT2D eigenvalue weighted by molar-refractivity contribution is 7.71. The van der Waals surface area contributed by atoms with E-state index in [0.717, 1.165) is 11.1 Å². The molecule has 1 N–H and O–H groups in total. The summed E-state index contributed by atoms with van der Waals surface area (Å²) in [6, 6.07) is 16.4. The second-order valence-corrected chi connectivity index (χ2v) is 6.83. The number of carbonyl (C=O) groups excluding carboxylic acids is 1. The summed E-state index contributed by atoms with van der Waals surface area (Å²) in [7, 11) is 1.73. The van der Waals surface area contributed by atoms with Gasteiger partial charge in [0.05, 0.1) is 11.6 Å². The maximum absolute atomic E-state index is 12.7. The molecule has 27 heavy (non-hydrogen) atoms. The molecule has 2 aromatic carbocycles. The molecule has 0 saturated heterocycles. The predicted octanol–water partition coefficient (Wildman–Crippen LogP) is 3.79. The van der Waals surface area contributed by atoms with E-state index in [-0.39, 0.29) is 12.5 Å². The molecule has 8 heteroatoms. The normalized spacial score (nSPS) is 10.4. The van der Waals surface area contributed by atoms with E-state index in [0.29, 0.717) is 27.7 Å². The van der Waals surface area contributed by atoms with Gasteiger partial charge < -0.3 is 4.90 Å². The van der Waals surface area contributed by atoms with Crippen molar-refractivity contribution >= 4 is 29.7 Å². The van der Waals surface area contributed by atoms with E-state index in [1.165, 1.54) is 0 Å². The molecule has 0 radical (unpaired) electrons. The van der Waals surface area contributed by atoms with Gasteiger partial charge in [-0.15, -0.1) is 0 Å². The summed E-state index contributed by atoms with van der Waals surface area (Å²) in [4.78, 5) is 14.3. The van der Waals surface area contributed by atoms with Gasteiger partial charge in [-0.05, 0) is 54.2 Å². The van der Waals surface area contributed by atoms with Crippen LogP contribution >= 0.6 is 23.8 Å². The van der Waals surface area contributed by atoms with E-state index < -0.39 is 0 Å². The minimum Gasteiger partial charge on any atom is -0.340 e. The number of aromatic nitrogens is 3. The Bertz CT molecular complexity index is 1050. The molecule has 6 nitrogen and oxygen atoms in total. The summed E-state index contributed by atoms with van der Waals surface area (Å²) in [5.41, 5.74) is 2.35. The summed E-state index contributed by atoms with van der Waals surface area (Å²) in [5.74, 6) is 0.476. The number of nitriles is 1. The molecule has 136 valence electrons. The van der Waals surface area contributed by atoms with E-state index in [9.17, 15) is 4.79 Å². The van der Waals surface area contributed by atoms with Gasteiger partial charge in [0.2, 0.25) is 5.91 Å². The summed E-state index contributed by atoms with van der Waals surface area (Å²) < 4.78 is 2.04. The van der Waals surface area contributed by atoms with Gasteiger partial charge in [0, 0.05) is 24.2 Å². The van der Waals surface area contributed by atoms with E-state index in [1.807, 2.05) is 24.3 Å². The average Bonchev–Trinajstić information content (AvgIpc) is 3.03. The molecule has 0 aliphatic rings. The number of halogens is 1. The lowest BCUT2D eigenvalue weighted by Gasteiger charge is -2.18. The number of amides is 1. The SMILES string of the molecule is CN(Cc1ccc(C#N)cc1)C(=O)Cn1c(-c2ccc(Cl)cc2)n[nH]c1=S. The summed E-state index contributed by atoms with van der Waals surface area (Å²) in [5, 5.41) is 16.5. The molecule has 3 aromatic rings. The number of H-pyrrole nitrogens is 1. The monoisotopic (exact) mass is 397 g/mol. The van der Waals surface area contributed by atoms with Crippen LogP contribution in [-0.2, 0) is 17.9 Å². The number of carbonyl (C=O) groups is 1. The fourth-order valence-electron chi connectivity index (χ4n) is 2.59. The number of nitrogens with zero attached hydrogens (tertiary/aromatic N) is 4. The number of aromatic amines is 1. The molecule has 1 aromatic heterocycles. The van der Waals surface area contributed by atoms with Gasteiger partial charge in [-0.25, -0.2) is 0 Å². The summed E-state index contributed by atoms with van der Waals surface area (Å²) >= 11 is 11.2. The Morgan fingerprint density at radius 3 is 2.56 bits per heavy atom. The van der Waals surface area contributed by atoms with Gasteiger partial charge in [0.25, 0.3) is 0 Å².